The molecule has 1 aliphatic rings. The van der Waals surface area contributed by atoms with Crippen LogP contribution in [-0.2, 0) is 0 Å². The topological polar surface area (TPSA) is 107 Å². The van der Waals surface area contributed by atoms with Crippen molar-refractivity contribution < 1.29 is 14.6 Å². The highest BCUT2D eigenvalue weighted by Crippen LogP contribution is 2.30. The molecule has 2 rings (SSSR count). The van der Waals surface area contributed by atoms with Crippen LogP contribution in [0.15, 0.2) is 18.2 Å². The lowest BCUT2D eigenvalue weighted by molar-refractivity contribution is -0.394. The van der Waals surface area contributed by atoms with Crippen molar-refractivity contribution in [3.05, 3.63) is 44.0 Å². The highest BCUT2D eigenvalue weighted by molar-refractivity contribution is 5.96. The Labute approximate surface area is 127 Å². The van der Waals surface area contributed by atoms with Crippen molar-refractivity contribution >= 4 is 17.3 Å². The molecule has 0 N–H and O–H groups in total. The lowest BCUT2D eigenvalue weighted by Gasteiger charge is -2.28. The number of benzene rings is 1. The molecule has 8 nitrogen and oxygen atoms in total. The van der Waals surface area contributed by atoms with E-state index in [4.69, 9.17) is 0 Å². The SMILES string of the molecule is CC[C@H]1CC[C@H](C)N1C(=O)c1cc([N+](=O)[O-])cc([N+](=O)[O-])c1. The standard InChI is InChI=1S/C14H17N3O5/c1-3-11-5-4-9(2)15(11)14(18)10-6-12(16(19)20)8-13(7-10)17(21)22/h6-9,11H,3-5H2,1-2H3/t9-,11-/m0/s1. The van der Waals surface area contributed by atoms with Crippen LogP contribution in [0.25, 0.3) is 0 Å². The summed E-state index contributed by atoms with van der Waals surface area (Å²) in [4.78, 5) is 34.7. The molecule has 0 bridgehead atoms. The number of carbonyl (C=O) groups excluding carboxylic acids is 1. The molecule has 22 heavy (non-hydrogen) atoms. The molecule has 8 heteroatoms. The Morgan fingerprint density at radius 1 is 1.18 bits per heavy atom. The summed E-state index contributed by atoms with van der Waals surface area (Å²) >= 11 is 0. The van der Waals surface area contributed by atoms with E-state index < -0.39 is 21.2 Å². The lowest BCUT2D eigenvalue weighted by atomic mass is 10.1. The number of carbonyl (C=O) groups is 1. The minimum absolute atomic E-state index is 0.00639. The number of non-ortho nitro benzene ring substituents is 2. The Morgan fingerprint density at radius 2 is 1.73 bits per heavy atom. The van der Waals surface area contributed by atoms with Crippen LogP contribution in [0.2, 0.25) is 0 Å². The molecule has 1 aromatic carbocycles. The third-order valence-corrected chi connectivity index (χ3v) is 4.06. The average molecular weight is 307 g/mol. The summed E-state index contributed by atoms with van der Waals surface area (Å²) in [5, 5.41) is 21.8. The van der Waals surface area contributed by atoms with Crippen molar-refractivity contribution in [3.8, 4) is 0 Å². The molecule has 0 radical (unpaired) electrons. The lowest BCUT2D eigenvalue weighted by Crippen LogP contribution is -2.39. The van der Waals surface area contributed by atoms with Gasteiger partial charge in [0.05, 0.1) is 21.5 Å². The number of nitro benzene ring substituents is 2. The smallest absolute Gasteiger partial charge is 0.277 e. The monoisotopic (exact) mass is 307 g/mol. The first-order valence-corrected chi connectivity index (χ1v) is 7.11. The van der Waals surface area contributed by atoms with E-state index >= 15 is 0 Å². The molecule has 1 amide bonds. The van der Waals surface area contributed by atoms with Gasteiger partial charge >= 0.3 is 0 Å². The van der Waals surface area contributed by atoms with Gasteiger partial charge in [-0.15, -0.1) is 0 Å². The van der Waals surface area contributed by atoms with E-state index in [0.29, 0.717) is 0 Å². The third kappa shape index (κ3) is 2.90. The van der Waals surface area contributed by atoms with Gasteiger partial charge in [0.1, 0.15) is 0 Å². The first kappa shape index (κ1) is 15.9. The first-order chi connectivity index (χ1) is 10.3. The quantitative estimate of drug-likeness (QED) is 0.628. The van der Waals surface area contributed by atoms with E-state index in [9.17, 15) is 25.0 Å². The maximum atomic E-state index is 12.7. The van der Waals surface area contributed by atoms with Gasteiger partial charge in [0.15, 0.2) is 0 Å². The zero-order valence-electron chi connectivity index (χ0n) is 12.4. The van der Waals surface area contributed by atoms with Gasteiger partial charge in [-0.1, -0.05) is 6.92 Å². The molecule has 0 spiro atoms. The van der Waals surface area contributed by atoms with Crippen LogP contribution >= 0.6 is 0 Å². The van der Waals surface area contributed by atoms with Gasteiger partial charge in [-0.25, -0.2) is 0 Å². The Hall–Kier alpha value is -2.51. The fraction of sp³-hybridized carbons (Fsp3) is 0.500. The van der Waals surface area contributed by atoms with Crippen LogP contribution in [0.5, 0.6) is 0 Å². The molecule has 1 aliphatic heterocycles. The summed E-state index contributed by atoms with van der Waals surface area (Å²) in [6.45, 7) is 3.89. The van der Waals surface area contributed by atoms with E-state index in [1.165, 1.54) is 0 Å². The van der Waals surface area contributed by atoms with Crippen LogP contribution in [0.3, 0.4) is 0 Å². The molecule has 1 heterocycles. The van der Waals surface area contributed by atoms with Crippen LogP contribution in [0.1, 0.15) is 43.5 Å². The maximum Gasteiger partial charge on any atom is 0.277 e. The van der Waals surface area contributed by atoms with Crippen LogP contribution in [0.4, 0.5) is 11.4 Å². The molecule has 0 saturated carbocycles. The second kappa shape index (κ2) is 6.08. The first-order valence-electron chi connectivity index (χ1n) is 7.11. The summed E-state index contributed by atoms with van der Waals surface area (Å²) in [5.41, 5.74) is -0.900. The average Bonchev–Trinajstić information content (AvgIpc) is 2.86. The predicted molar refractivity (Wildman–Crippen MR) is 78.7 cm³/mol. The number of amides is 1. The van der Waals surface area contributed by atoms with E-state index in [-0.39, 0.29) is 23.6 Å². The number of hydrogen-bond acceptors (Lipinski definition) is 5. The van der Waals surface area contributed by atoms with E-state index in [1.54, 1.807) is 4.90 Å². The molecule has 0 aliphatic carbocycles. The Bertz CT molecular complexity index is 599. The Morgan fingerprint density at radius 3 is 2.18 bits per heavy atom. The molecule has 1 aromatic rings. The second-order valence-electron chi connectivity index (χ2n) is 5.45. The summed E-state index contributed by atoms with van der Waals surface area (Å²) < 4.78 is 0. The van der Waals surface area contributed by atoms with Crippen LogP contribution < -0.4 is 0 Å². The van der Waals surface area contributed by atoms with Crippen molar-refractivity contribution in [2.24, 2.45) is 0 Å². The van der Waals surface area contributed by atoms with Gasteiger partial charge in [-0.05, 0) is 26.2 Å². The van der Waals surface area contributed by atoms with Gasteiger partial charge in [-0.2, -0.15) is 0 Å². The van der Waals surface area contributed by atoms with Gasteiger partial charge in [0, 0.05) is 24.2 Å². The van der Waals surface area contributed by atoms with Crippen molar-refractivity contribution in [1.29, 1.82) is 0 Å². The summed E-state index contributed by atoms with van der Waals surface area (Å²) in [5.74, 6) is -0.386. The Kier molecular flexibility index (Phi) is 4.39. The number of hydrogen-bond donors (Lipinski definition) is 0. The zero-order valence-corrected chi connectivity index (χ0v) is 12.4. The van der Waals surface area contributed by atoms with Crippen molar-refractivity contribution in [3.63, 3.8) is 0 Å². The van der Waals surface area contributed by atoms with Gasteiger partial charge in [-0.3, -0.25) is 25.0 Å². The van der Waals surface area contributed by atoms with Crippen molar-refractivity contribution in [2.75, 3.05) is 0 Å². The van der Waals surface area contributed by atoms with Crippen LogP contribution in [-0.4, -0.2) is 32.7 Å². The second-order valence-corrected chi connectivity index (χ2v) is 5.45. The van der Waals surface area contributed by atoms with Crippen LogP contribution in [0, 0.1) is 20.2 Å². The maximum absolute atomic E-state index is 12.7. The molecule has 2 atom stereocenters. The minimum atomic E-state index is -0.728. The number of nitrogens with zero attached hydrogens (tertiary/aromatic N) is 3. The van der Waals surface area contributed by atoms with Gasteiger partial charge < -0.3 is 4.90 Å². The number of rotatable bonds is 4. The van der Waals surface area contributed by atoms with E-state index in [2.05, 4.69) is 0 Å². The summed E-state index contributed by atoms with van der Waals surface area (Å²) in [6.07, 6.45) is 2.52. The normalized spacial score (nSPS) is 20.9. The summed E-state index contributed by atoms with van der Waals surface area (Å²) in [7, 11) is 0. The van der Waals surface area contributed by atoms with E-state index in [0.717, 1.165) is 37.5 Å². The number of likely N-dealkylation sites (tertiary alicyclic amines) is 1. The fourth-order valence-corrected chi connectivity index (χ4v) is 2.92. The van der Waals surface area contributed by atoms with Gasteiger partial charge in [0.2, 0.25) is 0 Å². The molecule has 118 valence electrons. The van der Waals surface area contributed by atoms with E-state index in [1.807, 2.05) is 13.8 Å². The highest BCUT2D eigenvalue weighted by atomic mass is 16.6. The molecule has 0 unspecified atom stereocenters. The molecule has 1 fully saturated rings. The number of nitro groups is 2. The fourth-order valence-electron chi connectivity index (χ4n) is 2.92. The highest BCUT2D eigenvalue weighted by Gasteiger charge is 2.34. The van der Waals surface area contributed by atoms with Crippen molar-refractivity contribution in [2.45, 2.75) is 45.2 Å². The Balaban J connectivity index is 2.44. The molecular weight excluding hydrogens is 290 g/mol. The van der Waals surface area contributed by atoms with Gasteiger partial charge in [0.25, 0.3) is 17.3 Å². The summed E-state index contributed by atoms with van der Waals surface area (Å²) in [6, 6.07) is 3.17. The van der Waals surface area contributed by atoms with Crippen molar-refractivity contribution in [1.82, 2.24) is 4.90 Å². The predicted octanol–water partition coefficient (Wildman–Crippen LogP) is 2.91. The third-order valence-electron chi connectivity index (χ3n) is 4.06. The zero-order chi connectivity index (χ0) is 16.4. The minimum Gasteiger partial charge on any atom is -0.333 e. The largest absolute Gasteiger partial charge is 0.333 e. The molecular formula is C14H17N3O5. The molecule has 1 saturated heterocycles. The molecule has 0 aromatic heterocycles.